The van der Waals surface area contributed by atoms with Crippen LogP contribution in [0.1, 0.15) is 60.9 Å². The molecular formula is C27H29ClN2O5S. The van der Waals surface area contributed by atoms with Crippen LogP contribution in [0.2, 0.25) is 5.02 Å². The number of halogens is 1. The van der Waals surface area contributed by atoms with Crippen molar-refractivity contribution in [1.82, 2.24) is 4.90 Å². The number of imide groups is 1. The number of nitrogens with one attached hydrogen (secondary N) is 1. The third-order valence-electron chi connectivity index (χ3n) is 5.74. The Bertz CT molecular complexity index is 1420. The number of carbonyl (C=O) groups excluding carboxylic acids is 2. The van der Waals surface area contributed by atoms with Gasteiger partial charge in [-0.25, -0.2) is 13.3 Å². The summed E-state index contributed by atoms with van der Waals surface area (Å²) in [6.45, 7) is 13.3. The number of benzene rings is 2. The summed E-state index contributed by atoms with van der Waals surface area (Å²) >= 11 is 6.30. The first-order valence-electron chi connectivity index (χ1n) is 11.1. The van der Waals surface area contributed by atoms with Gasteiger partial charge in [0.15, 0.2) is 0 Å². The fourth-order valence-corrected chi connectivity index (χ4v) is 4.95. The highest BCUT2D eigenvalue weighted by atomic mass is 35.5. The van der Waals surface area contributed by atoms with Gasteiger partial charge in [-0.15, -0.1) is 0 Å². The average Bonchev–Trinajstić information content (AvgIpc) is 3.06. The van der Waals surface area contributed by atoms with Crippen LogP contribution in [0.3, 0.4) is 0 Å². The molecule has 0 aliphatic carbocycles. The minimum Gasteiger partial charge on any atom is -0.501 e. The summed E-state index contributed by atoms with van der Waals surface area (Å²) in [7, 11) is -2.57. The molecule has 0 saturated heterocycles. The van der Waals surface area contributed by atoms with E-state index in [1.54, 1.807) is 32.1 Å². The fourth-order valence-electron chi connectivity index (χ4n) is 3.64. The number of hydrogen-bond acceptors (Lipinski definition) is 5. The molecule has 1 N–H and O–H groups in total. The summed E-state index contributed by atoms with van der Waals surface area (Å²) in [6.07, 6.45) is 3.14. The molecule has 0 aromatic heterocycles. The van der Waals surface area contributed by atoms with E-state index >= 15 is 0 Å². The second-order valence-electron chi connectivity index (χ2n) is 9.48. The van der Waals surface area contributed by atoms with E-state index in [2.05, 4.69) is 11.3 Å². The second kappa shape index (κ2) is 9.95. The van der Waals surface area contributed by atoms with Crippen LogP contribution in [-0.4, -0.2) is 32.2 Å². The van der Waals surface area contributed by atoms with E-state index in [0.29, 0.717) is 11.3 Å². The number of amides is 2. The van der Waals surface area contributed by atoms with Crippen molar-refractivity contribution in [1.29, 1.82) is 0 Å². The summed E-state index contributed by atoms with van der Waals surface area (Å²) in [5.74, 6) is -0.835. The third-order valence-corrected chi connectivity index (χ3v) is 7.44. The van der Waals surface area contributed by atoms with Gasteiger partial charge in [-0.2, -0.15) is 0 Å². The molecule has 3 rings (SSSR count). The molecule has 0 saturated carbocycles. The zero-order valence-electron chi connectivity index (χ0n) is 21.1. The molecule has 1 aliphatic rings. The van der Waals surface area contributed by atoms with Gasteiger partial charge in [-0.05, 0) is 66.8 Å². The van der Waals surface area contributed by atoms with Gasteiger partial charge in [-0.1, -0.05) is 51.1 Å². The Labute approximate surface area is 217 Å². The Balaban J connectivity index is 2.06. The number of carbonyl (C=O) groups is 2. The summed E-state index contributed by atoms with van der Waals surface area (Å²) in [5.41, 5.74) is 1.27. The smallest absolute Gasteiger partial charge is 0.268 e. The van der Waals surface area contributed by atoms with E-state index in [9.17, 15) is 18.0 Å². The normalized spacial score (nSPS) is 14.7. The Kier molecular flexibility index (Phi) is 7.53. The first-order valence-corrected chi connectivity index (χ1v) is 13.0. The first-order chi connectivity index (χ1) is 16.7. The standard InChI is InChI=1S/C27H29ClN2O5S/c1-16(2)22(15-8-17(3)35-7)30-25(31)23-20(28)13-14-21(24(23)26(30)32)29-36(33,34)19-11-9-18(10-12-19)27(4,5)6/h8-15,29H,1H2,2-7H3/b17-8+,22-15+. The van der Waals surface area contributed by atoms with Crippen LogP contribution in [0.4, 0.5) is 5.69 Å². The zero-order valence-corrected chi connectivity index (χ0v) is 22.7. The van der Waals surface area contributed by atoms with E-state index < -0.39 is 21.8 Å². The Morgan fingerprint density at radius 1 is 1.00 bits per heavy atom. The van der Waals surface area contributed by atoms with Crippen molar-refractivity contribution >= 4 is 39.1 Å². The van der Waals surface area contributed by atoms with Crippen LogP contribution >= 0.6 is 11.6 Å². The van der Waals surface area contributed by atoms with Crippen molar-refractivity contribution in [3.05, 3.63) is 93.9 Å². The molecule has 0 bridgehead atoms. The number of allylic oxidation sites excluding steroid dienone is 4. The van der Waals surface area contributed by atoms with Crippen LogP contribution in [0, 0.1) is 0 Å². The van der Waals surface area contributed by atoms with Gasteiger partial charge in [0, 0.05) is 0 Å². The van der Waals surface area contributed by atoms with Crippen LogP contribution < -0.4 is 4.72 Å². The number of ether oxygens (including phenoxy) is 1. The molecule has 1 heterocycles. The van der Waals surface area contributed by atoms with Crippen molar-refractivity contribution in [2.24, 2.45) is 0 Å². The molecule has 2 aromatic rings. The molecule has 1 aliphatic heterocycles. The lowest BCUT2D eigenvalue weighted by Crippen LogP contribution is -2.29. The Morgan fingerprint density at radius 3 is 2.11 bits per heavy atom. The van der Waals surface area contributed by atoms with E-state index in [4.69, 9.17) is 16.3 Å². The monoisotopic (exact) mass is 528 g/mol. The van der Waals surface area contributed by atoms with E-state index in [0.717, 1.165) is 10.5 Å². The molecule has 2 aromatic carbocycles. The summed E-state index contributed by atoms with van der Waals surface area (Å²) in [6, 6.07) is 9.26. The fraction of sp³-hybridized carbons (Fsp3) is 0.259. The van der Waals surface area contributed by atoms with Crippen molar-refractivity contribution in [3.63, 3.8) is 0 Å². The van der Waals surface area contributed by atoms with Crippen molar-refractivity contribution in [3.8, 4) is 0 Å². The van der Waals surface area contributed by atoms with Crippen LogP contribution in [0.15, 0.2) is 77.1 Å². The predicted octanol–water partition coefficient (Wildman–Crippen LogP) is 6.04. The molecule has 9 heteroatoms. The van der Waals surface area contributed by atoms with Crippen LogP contribution in [0.5, 0.6) is 0 Å². The maximum Gasteiger partial charge on any atom is 0.268 e. The van der Waals surface area contributed by atoms with Gasteiger partial charge >= 0.3 is 0 Å². The number of hydrogen-bond donors (Lipinski definition) is 1. The zero-order chi connectivity index (χ0) is 27.0. The topological polar surface area (TPSA) is 92.8 Å². The quantitative estimate of drug-likeness (QED) is 0.268. The minimum absolute atomic E-state index is 0.0236. The highest BCUT2D eigenvalue weighted by Crippen LogP contribution is 2.38. The lowest BCUT2D eigenvalue weighted by molar-refractivity contribution is 0.0707. The first kappa shape index (κ1) is 27.2. The molecule has 36 heavy (non-hydrogen) atoms. The van der Waals surface area contributed by atoms with E-state index in [-0.39, 0.29) is 37.8 Å². The molecule has 0 atom stereocenters. The van der Waals surface area contributed by atoms with Crippen molar-refractivity contribution in [2.75, 3.05) is 11.8 Å². The number of rotatable bonds is 7. The number of sulfonamides is 1. The maximum atomic E-state index is 13.5. The lowest BCUT2D eigenvalue weighted by atomic mass is 9.87. The van der Waals surface area contributed by atoms with Crippen molar-refractivity contribution < 1.29 is 22.7 Å². The van der Waals surface area contributed by atoms with Gasteiger partial charge in [0.2, 0.25) is 0 Å². The predicted molar refractivity (Wildman–Crippen MR) is 142 cm³/mol. The third kappa shape index (κ3) is 5.24. The van der Waals surface area contributed by atoms with Crippen LogP contribution in [-0.2, 0) is 20.2 Å². The number of anilines is 1. The van der Waals surface area contributed by atoms with Gasteiger partial charge in [0.1, 0.15) is 0 Å². The molecule has 0 unspecified atom stereocenters. The summed E-state index contributed by atoms with van der Waals surface area (Å²) < 4.78 is 33.9. The van der Waals surface area contributed by atoms with Gasteiger partial charge in [0.25, 0.3) is 21.8 Å². The molecule has 0 spiro atoms. The van der Waals surface area contributed by atoms with E-state index in [1.165, 1.54) is 37.5 Å². The molecule has 2 amide bonds. The minimum atomic E-state index is -4.06. The Morgan fingerprint density at radius 2 is 1.58 bits per heavy atom. The highest BCUT2D eigenvalue weighted by Gasteiger charge is 2.42. The van der Waals surface area contributed by atoms with Gasteiger partial charge in [0.05, 0.1) is 45.3 Å². The number of fused-ring (bicyclic) bond motifs is 1. The second-order valence-corrected chi connectivity index (χ2v) is 11.6. The largest absolute Gasteiger partial charge is 0.501 e. The number of nitrogens with zero attached hydrogens (tertiary/aromatic N) is 1. The molecule has 190 valence electrons. The van der Waals surface area contributed by atoms with Crippen molar-refractivity contribution in [2.45, 2.75) is 44.9 Å². The molecule has 0 fully saturated rings. The SMILES string of the molecule is C=C(C)/C(=C\C=C(/C)OC)N1C(=O)c2c(Cl)ccc(NS(=O)(=O)c3ccc(C(C)(C)C)cc3)c2C1=O. The summed E-state index contributed by atoms with van der Waals surface area (Å²) in [5, 5.41) is 0.0352. The van der Waals surface area contributed by atoms with Gasteiger partial charge in [-0.3, -0.25) is 14.3 Å². The van der Waals surface area contributed by atoms with Gasteiger partial charge < -0.3 is 4.74 Å². The average molecular weight is 529 g/mol. The highest BCUT2D eigenvalue weighted by molar-refractivity contribution is 7.92. The molecule has 0 radical (unpaired) electrons. The molecule has 7 nitrogen and oxygen atoms in total. The maximum absolute atomic E-state index is 13.5. The Hall–Kier alpha value is -3.36. The number of methoxy groups -OCH3 is 1. The van der Waals surface area contributed by atoms with Crippen LogP contribution in [0.25, 0.3) is 0 Å². The summed E-state index contributed by atoms with van der Waals surface area (Å²) in [4.78, 5) is 27.8. The molecular weight excluding hydrogens is 500 g/mol. The lowest BCUT2D eigenvalue weighted by Gasteiger charge is -2.19. The van der Waals surface area contributed by atoms with E-state index in [1.807, 2.05) is 20.8 Å².